The third-order valence-electron chi connectivity index (χ3n) is 6.59. The lowest BCUT2D eigenvalue weighted by Crippen LogP contribution is -2.34. The molecule has 0 spiro atoms. The highest BCUT2D eigenvalue weighted by atomic mass is 15.2. The molecule has 1 aliphatic heterocycles. The molecule has 2 N–H and O–H groups in total. The van der Waals surface area contributed by atoms with Crippen LogP contribution in [0.25, 0.3) is 17.2 Å². The predicted molar refractivity (Wildman–Crippen MR) is 145 cm³/mol. The first-order chi connectivity index (χ1) is 16.2. The van der Waals surface area contributed by atoms with Gasteiger partial charge < -0.3 is 15.5 Å². The maximum atomic E-state index is 4.15. The van der Waals surface area contributed by atoms with Gasteiger partial charge in [0.15, 0.2) is 0 Å². The van der Waals surface area contributed by atoms with E-state index in [0.29, 0.717) is 6.04 Å². The van der Waals surface area contributed by atoms with Crippen molar-refractivity contribution in [3.8, 4) is 11.1 Å². The minimum atomic E-state index is 0.381. The minimum absolute atomic E-state index is 0.381. The van der Waals surface area contributed by atoms with Crippen LogP contribution >= 0.6 is 0 Å². The Balaban J connectivity index is 1.66. The zero-order valence-corrected chi connectivity index (χ0v) is 20.6. The number of nitrogens with one attached hydrogen (secondary N) is 2. The quantitative estimate of drug-likeness (QED) is 0.237. The number of hydrogen-bond acceptors (Lipinski definition) is 3. The summed E-state index contributed by atoms with van der Waals surface area (Å²) in [6.07, 6.45) is 14.6. The fourth-order valence-electron chi connectivity index (χ4n) is 4.55. The van der Waals surface area contributed by atoms with E-state index in [1.54, 1.807) is 0 Å². The van der Waals surface area contributed by atoms with E-state index in [4.69, 9.17) is 0 Å². The molecule has 1 atom stereocenters. The van der Waals surface area contributed by atoms with Crippen molar-refractivity contribution in [2.24, 2.45) is 0 Å². The Kier molecular flexibility index (Phi) is 9.68. The van der Waals surface area contributed by atoms with Gasteiger partial charge in [0.1, 0.15) is 0 Å². The van der Waals surface area contributed by atoms with Crippen molar-refractivity contribution in [1.82, 2.24) is 10.6 Å². The minimum Gasteiger partial charge on any atom is -0.392 e. The van der Waals surface area contributed by atoms with Crippen LogP contribution in [-0.4, -0.2) is 19.6 Å². The number of unbranched alkanes of at least 4 members (excludes halogenated alkanes) is 3. The normalized spacial score (nSPS) is 13.0. The van der Waals surface area contributed by atoms with Crippen molar-refractivity contribution in [2.75, 3.05) is 18.5 Å². The maximum absolute atomic E-state index is 4.15. The van der Waals surface area contributed by atoms with Crippen molar-refractivity contribution < 1.29 is 0 Å². The van der Waals surface area contributed by atoms with E-state index in [-0.39, 0.29) is 0 Å². The molecule has 176 valence electrons. The summed E-state index contributed by atoms with van der Waals surface area (Å²) >= 11 is 0. The van der Waals surface area contributed by atoms with Gasteiger partial charge >= 0.3 is 0 Å². The smallest absolute Gasteiger partial charge is 0.0470 e. The fourth-order valence-corrected chi connectivity index (χ4v) is 4.55. The predicted octanol–water partition coefficient (Wildman–Crippen LogP) is 7.27. The van der Waals surface area contributed by atoms with Crippen molar-refractivity contribution in [2.45, 2.75) is 64.5 Å². The van der Waals surface area contributed by atoms with Crippen LogP contribution in [0.4, 0.5) is 5.69 Å². The number of anilines is 1. The van der Waals surface area contributed by atoms with Crippen LogP contribution in [0.5, 0.6) is 0 Å². The van der Waals surface area contributed by atoms with Gasteiger partial charge in [-0.05, 0) is 78.4 Å². The molecule has 1 unspecified atom stereocenters. The van der Waals surface area contributed by atoms with E-state index in [2.05, 4.69) is 90.2 Å². The Bertz CT molecular complexity index is 926. The Hall–Kier alpha value is -2.94. The molecule has 0 saturated carbocycles. The SMILES string of the molecule is C=CC(CCC)N(CCCCCCC(=C)NC)c1ccc(-c2ccc3c(c2)CNC=C3)cc1. The summed E-state index contributed by atoms with van der Waals surface area (Å²) in [5.74, 6) is 0. The topological polar surface area (TPSA) is 27.3 Å². The van der Waals surface area contributed by atoms with Gasteiger partial charge in [0.25, 0.3) is 0 Å². The first-order valence-corrected chi connectivity index (χ1v) is 12.5. The first kappa shape index (κ1) is 24.7. The summed E-state index contributed by atoms with van der Waals surface area (Å²) in [6, 6.07) is 16.3. The molecule has 3 rings (SSSR count). The molecule has 0 aliphatic carbocycles. The second-order valence-corrected chi connectivity index (χ2v) is 8.98. The van der Waals surface area contributed by atoms with Gasteiger partial charge in [-0.3, -0.25) is 0 Å². The molecule has 1 heterocycles. The number of nitrogens with zero attached hydrogens (tertiary/aromatic N) is 1. The summed E-state index contributed by atoms with van der Waals surface area (Å²) in [4.78, 5) is 2.55. The highest BCUT2D eigenvalue weighted by molar-refractivity contribution is 5.70. The van der Waals surface area contributed by atoms with Crippen LogP contribution in [0, 0.1) is 0 Å². The summed E-state index contributed by atoms with van der Waals surface area (Å²) < 4.78 is 0. The highest BCUT2D eigenvalue weighted by Gasteiger charge is 2.15. The van der Waals surface area contributed by atoms with Crippen LogP contribution in [0.2, 0.25) is 0 Å². The molecule has 2 aromatic rings. The zero-order chi connectivity index (χ0) is 23.5. The Morgan fingerprint density at radius 3 is 2.58 bits per heavy atom. The van der Waals surface area contributed by atoms with Crippen molar-refractivity contribution in [1.29, 1.82) is 0 Å². The van der Waals surface area contributed by atoms with Gasteiger partial charge in [0, 0.05) is 37.6 Å². The number of fused-ring (bicyclic) bond motifs is 1. The van der Waals surface area contributed by atoms with Crippen LogP contribution in [0.1, 0.15) is 63.0 Å². The van der Waals surface area contributed by atoms with E-state index in [0.717, 1.165) is 38.0 Å². The number of allylic oxidation sites excluding steroid dienone is 1. The zero-order valence-electron chi connectivity index (χ0n) is 20.6. The van der Waals surface area contributed by atoms with Crippen LogP contribution in [0.15, 0.2) is 73.6 Å². The molecular weight excluding hydrogens is 402 g/mol. The molecule has 0 radical (unpaired) electrons. The highest BCUT2D eigenvalue weighted by Crippen LogP contribution is 2.28. The molecular formula is C30H41N3. The van der Waals surface area contributed by atoms with Crippen molar-refractivity contribution >= 4 is 11.8 Å². The van der Waals surface area contributed by atoms with E-state index < -0.39 is 0 Å². The average Bonchev–Trinajstić information content (AvgIpc) is 2.87. The molecule has 0 fully saturated rings. The van der Waals surface area contributed by atoms with Crippen LogP contribution < -0.4 is 15.5 Å². The van der Waals surface area contributed by atoms with E-state index >= 15 is 0 Å². The van der Waals surface area contributed by atoms with Gasteiger partial charge in [-0.2, -0.15) is 0 Å². The van der Waals surface area contributed by atoms with Crippen LogP contribution in [0.3, 0.4) is 0 Å². The Morgan fingerprint density at radius 2 is 1.85 bits per heavy atom. The second-order valence-electron chi connectivity index (χ2n) is 8.98. The van der Waals surface area contributed by atoms with Gasteiger partial charge in [-0.1, -0.05) is 63.1 Å². The third kappa shape index (κ3) is 7.02. The van der Waals surface area contributed by atoms with Gasteiger partial charge in [0.2, 0.25) is 0 Å². The second kappa shape index (κ2) is 12.9. The molecule has 2 aromatic carbocycles. The number of benzene rings is 2. The van der Waals surface area contributed by atoms with E-state index in [1.807, 2.05) is 13.2 Å². The Morgan fingerprint density at radius 1 is 1.09 bits per heavy atom. The summed E-state index contributed by atoms with van der Waals surface area (Å²) in [5.41, 5.74) is 7.64. The average molecular weight is 444 g/mol. The maximum Gasteiger partial charge on any atom is 0.0470 e. The molecule has 0 bridgehead atoms. The molecule has 33 heavy (non-hydrogen) atoms. The van der Waals surface area contributed by atoms with Crippen molar-refractivity contribution in [3.05, 3.63) is 84.7 Å². The van der Waals surface area contributed by atoms with E-state index in [9.17, 15) is 0 Å². The lowest BCUT2D eigenvalue weighted by Gasteiger charge is -2.32. The Labute approximate surface area is 201 Å². The molecule has 3 heteroatoms. The summed E-state index contributed by atoms with van der Waals surface area (Å²) in [7, 11) is 1.95. The monoisotopic (exact) mass is 443 g/mol. The van der Waals surface area contributed by atoms with Crippen LogP contribution in [-0.2, 0) is 6.54 Å². The largest absolute Gasteiger partial charge is 0.392 e. The van der Waals surface area contributed by atoms with Gasteiger partial charge in [-0.25, -0.2) is 0 Å². The first-order valence-electron chi connectivity index (χ1n) is 12.5. The van der Waals surface area contributed by atoms with Gasteiger partial charge in [-0.15, -0.1) is 6.58 Å². The molecule has 0 amide bonds. The number of rotatable bonds is 14. The third-order valence-corrected chi connectivity index (χ3v) is 6.59. The fraction of sp³-hybridized carbons (Fsp3) is 0.400. The number of hydrogen-bond donors (Lipinski definition) is 2. The molecule has 0 saturated heterocycles. The summed E-state index contributed by atoms with van der Waals surface area (Å²) in [6.45, 7) is 12.4. The molecule has 3 nitrogen and oxygen atoms in total. The lowest BCUT2D eigenvalue weighted by molar-refractivity contribution is 0.575. The van der Waals surface area contributed by atoms with E-state index in [1.165, 1.54) is 53.6 Å². The van der Waals surface area contributed by atoms with Gasteiger partial charge in [0.05, 0.1) is 0 Å². The standard InChI is InChI=1S/C30H41N3/c1-5-11-29(6-2)33(21-10-8-7-9-12-24(3)31-4)30-17-15-25(16-18-30)27-14-13-26-19-20-32-23-28(26)22-27/h6,13-20,22,29,31-32H,2-3,5,7-12,21,23H2,1,4H3. The summed E-state index contributed by atoms with van der Waals surface area (Å²) in [5, 5.41) is 6.45. The molecule has 1 aliphatic rings. The van der Waals surface area contributed by atoms with Crippen molar-refractivity contribution in [3.63, 3.8) is 0 Å². The lowest BCUT2D eigenvalue weighted by atomic mass is 9.97. The molecule has 0 aromatic heterocycles.